The Balaban J connectivity index is 1.22. The molecule has 196 valence electrons. The molecule has 2 aliphatic rings. The average Bonchev–Trinajstić information content (AvgIpc) is 3.49. The molecule has 10 heteroatoms. The van der Waals surface area contributed by atoms with E-state index in [0.717, 1.165) is 60.9 Å². The number of aromatic nitrogens is 3. The first-order chi connectivity index (χ1) is 18.5. The summed E-state index contributed by atoms with van der Waals surface area (Å²) in [5.41, 5.74) is 3.87. The molecule has 38 heavy (non-hydrogen) atoms. The van der Waals surface area contributed by atoms with Crippen molar-refractivity contribution in [2.24, 2.45) is 0 Å². The van der Waals surface area contributed by atoms with Crippen LogP contribution >= 0.6 is 23.2 Å². The molecule has 0 radical (unpaired) electrons. The van der Waals surface area contributed by atoms with Crippen molar-refractivity contribution in [3.05, 3.63) is 81.5 Å². The molecule has 1 amide bonds. The molecule has 1 atom stereocenters. The molecule has 0 bridgehead atoms. The van der Waals surface area contributed by atoms with Gasteiger partial charge in [-0.15, -0.1) is 0 Å². The third kappa shape index (κ3) is 5.04. The summed E-state index contributed by atoms with van der Waals surface area (Å²) in [5.74, 6) is 1.90. The highest BCUT2D eigenvalue weighted by Crippen LogP contribution is 2.40. The minimum atomic E-state index is -0.216. The van der Waals surface area contributed by atoms with E-state index in [1.54, 1.807) is 30.3 Å². The molecule has 2 aromatic heterocycles. The number of aliphatic hydroxyl groups is 1. The van der Waals surface area contributed by atoms with Crippen molar-refractivity contribution in [2.75, 3.05) is 23.4 Å². The first-order valence-electron chi connectivity index (χ1n) is 12.9. The van der Waals surface area contributed by atoms with E-state index in [4.69, 9.17) is 33.3 Å². The number of aliphatic hydroxyl groups excluding tert-OH is 1. The zero-order valence-corrected chi connectivity index (χ0v) is 22.2. The third-order valence-corrected chi connectivity index (χ3v) is 7.93. The summed E-state index contributed by atoms with van der Waals surface area (Å²) in [4.78, 5) is 19.8. The summed E-state index contributed by atoms with van der Waals surface area (Å²) < 4.78 is 1.84. The molecule has 1 saturated heterocycles. The Morgan fingerprint density at radius 1 is 1.05 bits per heavy atom. The van der Waals surface area contributed by atoms with Gasteiger partial charge in [-0.25, -0.2) is 4.98 Å². The van der Waals surface area contributed by atoms with E-state index >= 15 is 0 Å². The molecule has 0 spiro atoms. The number of amides is 1. The zero-order chi connectivity index (χ0) is 26.2. The number of carbonyl (C=O) groups excluding carboxylic acids is 1. The van der Waals surface area contributed by atoms with Gasteiger partial charge in [-0.3, -0.25) is 4.79 Å². The second-order valence-corrected chi connectivity index (χ2v) is 10.7. The molecule has 3 N–H and O–H groups in total. The number of rotatable bonds is 8. The highest BCUT2D eigenvalue weighted by Gasteiger charge is 2.29. The minimum absolute atomic E-state index is 0.0714. The molecule has 3 heterocycles. The van der Waals surface area contributed by atoms with Crippen LogP contribution in [0.1, 0.15) is 53.2 Å². The fraction of sp³-hybridized carbons (Fsp3) is 0.321. The van der Waals surface area contributed by atoms with Gasteiger partial charge < -0.3 is 20.6 Å². The van der Waals surface area contributed by atoms with Gasteiger partial charge in [0, 0.05) is 58.0 Å². The number of halogens is 2. The molecule has 6 rings (SSSR count). The maximum atomic E-state index is 12.7. The Morgan fingerprint density at radius 3 is 2.53 bits per heavy atom. The number of benzene rings is 2. The average molecular weight is 551 g/mol. The van der Waals surface area contributed by atoms with Gasteiger partial charge in [0.15, 0.2) is 5.65 Å². The van der Waals surface area contributed by atoms with Crippen molar-refractivity contribution in [3.8, 4) is 0 Å². The lowest BCUT2D eigenvalue weighted by Crippen LogP contribution is -2.32. The fourth-order valence-electron chi connectivity index (χ4n) is 4.95. The second-order valence-electron chi connectivity index (χ2n) is 9.87. The fourth-order valence-corrected chi connectivity index (χ4v) is 5.48. The van der Waals surface area contributed by atoms with E-state index in [9.17, 15) is 9.90 Å². The van der Waals surface area contributed by atoms with Gasteiger partial charge in [0.2, 0.25) is 0 Å². The Kier molecular flexibility index (Phi) is 6.86. The van der Waals surface area contributed by atoms with Crippen molar-refractivity contribution >= 4 is 52.1 Å². The van der Waals surface area contributed by atoms with E-state index < -0.39 is 0 Å². The normalized spacial score (nSPS) is 17.2. The maximum Gasteiger partial charge on any atom is 0.251 e. The van der Waals surface area contributed by atoms with Crippen LogP contribution in [0.5, 0.6) is 0 Å². The SMILES string of the molecule is O=C(NCc1c(Cl)cccc1Cl)c1ccc(Nc2cc(N3CCC[C@@H]3CO)nc3cc(C4CC4)nn23)cc1. The van der Waals surface area contributed by atoms with Crippen molar-refractivity contribution in [1.82, 2.24) is 19.9 Å². The van der Waals surface area contributed by atoms with Crippen LogP contribution in [0.25, 0.3) is 5.65 Å². The van der Waals surface area contributed by atoms with Gasteiger partial charge in [-0.1, -0.05) is 29.3 Å². The predicted octanol–water partition coefficient (Wildman–Crippen LogP) is 5.55. The number of fused-ring (bicyclic) bond motifs is 1. The Labute approximate surface area is 230 Å². The summed E-state index contributed by atoms with van der Waals surface area (Å²) in [6.45, 7) is 1.21. The molecule has 2 aromatic carbocycles. The summed E-state index contributed by atoms with van der Waals surface area (Å²) in [6.07, 6.45) is 4.29. The third-order valence-electron chi connectivity index (χ3n) is 7.22. The summed E-state index contributed by atoms with van der Waals surface area (Å²) in [7, 11) is 0. The lowest BCUT2D eigenvalue weighted by molar-refractivity contribution is 0.0951. The predicted molar refractivity (Wildman–Crippen MR) is 150 cm³/mol. The van der Waals surface area contributed by atoms with E-state index in [1.807, 2.05) is 22.7 Å². The molecular formula is C28H28Cl2N6O2. The van der Waals surface area contributed by atoms with E-state index in [-0.39, 0.29) is 25.1 Å². The second kappa shape index (κ2) is 10.4. The lowest BCUT2D eigenvalue weighted by atomic mass is 10.1. The van der Waals surface area contributed by atoms with Gasteiger partial charge >= 0.3 is 0 Å². The van der Waals surface area contributed by atoms with Crippen LogP contribution in [0, 0.1) is 0 Å². The Hall–Kier alpha value is -3.33. The van der Waals surface area contributed by atoms with E-state index in [1.165, 1.54) is 0 Å². The highest BCUT2D eigenvalue weighted by molar-refractivity contribution is 6.36. The Morgan fingerprint density at radius 2 is 1.82 bits per heavy atom. The van der Waals surface area contributed by atoms with Gasteiger partial charge in [-0.05, 0) is 62.1 Å². The van der Waals surface area contributed by atoms with E-state index in [0.29, 0.717) is 27.1 Å². The molecule has 4 aromatic rings. The quantitative estimate of drug-likeness (QED) is 0.266. The first-order valence-corrected chi connectivity index (χ1v) is 13.6. The van der Waals surface area contributed by atoms with Gasteiger partial charge in [0.25, 0.3) is 5.91 Å². The highest BCUT2D eigenvalue weighted by atomic mass is 35.5. The first kappa shape index (κ1) is 25.0. The molecule has 0 unspecified atom stereocenters. The number of nitrogens with zero attached hydrogens (tertiary/aromatic N) is 4. The number of hydrogen-bond donors (Lipinski definition) is 3. The van der Waals surface area contributed by atoms with Crippen LogP contribution in [0.2, 0.25) is 10.0 Å². The number of nitrogens with one attached hydrogen (secondary N) is 2. The maximum absolute atomic E-state index is 12.7. The van der Waals surface area contributed by atoms with Crippen molar-refractivity contribution in [3.63, 3.8) is 0 Å². The van der Waals surface area contributed by atoms with Gasteiger partial charge in [-0.2, -0.15) is 9.61 Å². The largest absolute Gasteiger partial charge is 0.394 e. The molecular weight excluding hydrogens is 523 g/mol. The van der Waals surface area contributed by atoms with Crippen molar-refractivity contribution in [2.45, 2.75) is 44.2 Å². The molecule has 1 aliphatic heterocycles. The summed E-state index contributed by atoms with van der Waals surface area (Å²) >= 11 is 12.4. The summed E-state index contributed by atoms with van der Waals surface area (Å²) in [5, 5.41) is 22.1. The Bertz CT molecular complexity index is 1460. The molecule has 1 aliphatic carbocycles. The van der Waals surface area contributed by atoms with Gasteiger partial charge in [0.05, 0.1) is 18.3 Å². The van der Waals surface area contributed by atoms with Crippen LogP contribution in [0.15, 0.2) is 54.6 Å². The molecule has 1 saturated carbocycles. The van der Waals surface area contributed by atoms with Crippen LogP contribution in [-0.4, -0.2) is 44.8 Å². The number of hydrogen-bond acceptors (Lipinski definition) is 6. The minimum Gasteiger partial charge on any atom is -0.394 e. The number of carbonyl (C=O) groups is 1. The lowest BCUT2D eigenvalue weighted by Gasteiger charge is -2.25. The van der Waals surface area contributed by atoms with Crippen LogP contribution in [-0.2, 0) is 6.54 Å². The topological polar surface area (TPSA) is 94.8 Å². The zero-order valence-electron chi connectivity index (χ0n) is 20.7. The van der Waals surface area contributed by atoms with Crippen LogP contribution in [0.4, 0.5) is 17.3 Å². The number of anilines is 3. The molecule has 8 nitrogen and oxygen atoms in total. The van der Waals surface area contributed by atoms with Crippen molar-refractivity contribution < 1.29 is 9.90 Å². The smallest absolute Gasteiger partial charge is 0.251 e. The summed E-state index contributed by atoms with van der Waals surface area (Å²) in [6, 6.07) is 16.7. The monoisotopic (exact) mass is 550 g/mol. The van der Waals surface area contributed by atoms with Crippen LogP contribution < -0.4 is 15.5 Å². The van der Waals surface area contributed by atoms with E-state index in [2.05, 4.69) is 21.6 Å². The van der Waals surface area contributed by atoms with Crippen LogP contribution in [0.3, 0.4) is 0 Å². The van der Waals surface area contributed by atoms with Crippen molar-refractivity contribution in [1.29, 1.82) is 0 Å². The standard InChI is InChI=1S/C28H28Cl2N6O2/c29-22-4-1-5-23(30)21(22)15-31-28(38)18-8-10-19(11-9-18)32-27-14-25(35-12-2-3-20(35)16-37)33-26-13-24(17-6-7-17)34-36(26)27/h1,4-5,8-11,13-14,17,20,32,37H,2-3,6-7,12,15-16H2,(H,31,38)/t20-/m1/s1. The van der Waals surface area contributed by atoms with Gasteiger partial charge in [0.1, 0.15) is 11.6 Å². The molecule has 2 fully saturated rings.